The molecule has 0 heterocycles. The minimum atomic E-state index is -0.255. The molecule has 0 aromatic heterocycles. The second-order valence-electron chi connectivity index (χ2n) is 6.74. The smallest absolute Gasteiger partial charge is 0.241 e. The molecule has 2 aromatic carbocycles. The first-order valence-electron chi connectivity index (χ1n) is 9.79. The Hall–Kier alpha value is -2.36. The zero-order chi connectivity index (χ0) is 21.1. The van der Waals surface area contributed by atoms with Gasteiger partial charge in [0, 0.05) is 18.8 Å². The molecule has 0 unspecified atom stereocenters. The summed E-state index contributed by atoms with van der Waals surface area (Å²) in [7, 11) is 0. The molecule has 6 nitrogen and oxygen atoms in total. The summed E-state index contributed by atoms with van der Waals surface area (Å²) in [4.78, 5) is 16.1. The third kappa shape index (κ3) is 9.91. The maximum Gasteiger partial charge on any atom is 0.241 e. The van der Waals surface area contributed by atoms with Crippen molar-refractivity contribution < 1.29 is 13.9 Å². The van der Waals surface area contributed by atoms with E-state index < -0.39 is 0 Å². The number of nitrogens with one attached hydrogen (secondary N) is 3. The lowest BCUT2D eigenvalue weighted by Crippen LogP contribution is -2.34. The molecular weight excluding hydrogens is 498 g/mol. The van der Waals surface area contributed by atoms with Gasteiger partial charge in [0.25, 0.3) is 0 Å². The van der Waals surface area contributed by atoms with Crippen molar-refractivity contribution in [3.05, 3.63) is 59.9 Å². The summed E-state index contributed by atoms with van der Waals surface area (Å²) in [5, 5.41) is 9.09. The van der Waals surface area contributed by atoms with Crippen LogP contribution in [0.2, 0.25) is 0 Å². The molecule has 0 aliphatic heterocycles. The number of amides is 1. The molecule has 0 radical (unpaired) electrons. The number of anilines is 1. The van der Waals surface area contributed by atoms with Gasteiger partial charge >= 0.3 is 0 Å². The average Bonchev–Trinajstić information content (AvgIpc) is 2.67. The Bertz CT molecular complexity index is 813. The molecule has 3 N–H and O–H groups in total. The molecule has 0 spiro atoms. The number of likely N-dealkylation sites (N-methyl/N-ethyl adjacent to an activating group) is 1. The van der Waals surface area contributed by atoms with Gasteiger partial charge in [-0.15, -0.1) is 24.0 Å². The highest BCUT2D eigenvalue weighted by atomic mass is 127. The Labute approximate surface area is 194 Å². The number of hydrogen-bond acceptors (Lipinski definition) is 3. The number of aliphatic imine (C=N–C) groups is 1. The third-order valence-electron chi connectivity index (χ3n) is 3.84. The highest BCUT2D eigenvalue weighted by Crippen LogP contribution is 2.16. The van der Waals surface area contributed by atoms with Gasteiger partial charge in [0.05, 0.1) is 6.10 Å². The summed E-state index contributed by atoms with van der Waals surface area (Å²) < 4.78 is 19.0. The second kappa shape index (κ2) is 13.8. The topological polar surface area (TPSA) is 74.8 Å². The largest absolute Gasteiger partial charge is 0.491 e. The molecule has 1 amide bonds. The number of carbonyl (C=O) groups is 1. The summed E-state index contributed by atoms with van der Waals surface area (Å²) in [6.45, 7) is 6.92. The molecule has 0 atom stereocenters. The maximum atomic E-state index is 13.3. The van der Waals surface area contributed by atoms with Crippen molar-refractivity contribution in [2.24, 2.45) is 4.99 Å². The molecule has 0 fully saturated rings. The van der Waals surface area contributed by atoms with E-state index >= 15 is 0 Å². The lowest BCUT2D eigenvalue weighted by molar-refractivity contribution is -0.119. The molecule has 2 aromatic rings. The average molecular weight is 528 g/mol. The maximum absolute atomic E-state index is 13.3. The van der Waals surface area contributed by atoms with Crippen LogP contribution >= 0.6 is 24.0 Å². The molecule has 0 aliphatic carbocycles. The van der Waals surface area contributed by atoms with Crippen LogP contribution in [0.5, 0.6) is 5.75 Å². The fourth-order valence-electron chi connectivity index (χ4n) is 2.59. The molecule has 0 saturated heterocycles. The number of hydrogen-bond donors (Lipinski definition) is 3. The van der Waals surface area contributed by atoms with Gasteiger partial charge in [0.15, 0.2) is 5.96 Å². The van der Waals surface area contributed by atoms with E-state index in [9.17, 15) is 9.18 Å². The Kier molecular flexibility index (Phi) is 11.8. The van der Waals surface area contributed by atoms with Gasteiger partial charge in [-0.1, -0.05) is 12.1 Å². The summed E-state index contributed by atoms with van der Waals surface area (Å²) in [5.74, 6) is 0.851. The van der Waals surface area contributed by atoms with E-state index in [1.165, 1.54) is 12.1 Å². The number of nitrogens with zero attached hydrogens (tertiary/aromatic N) is 1. The summed E-state index contributed by atoms with van der Waals surface area (Å²) in [6, 6.07) is 14.0. The van der Waals surface area contributed by atoms with Gasteiger partial charge in [0.2, 0.25) is 5.91 Å². The molecule has 30 heavy (non-hydrogen) atoms. The van der Waals surface area contributed by atoms with Crippen LogP contribution in [0.25, 0.3) is 0 Å². The Morgan fingerprint density at radius 2 is 1.87 bits per heavy atom. The highest BCUT2D eigenvalue weighted by molar-refractivity contribution is 14.0. The van der Waals surface area contributed by atoms with Gasteiger partial charge < -0.3 is 20.7 Å². The van der Waals surface area contributed by atoms with Crippen molar-refractivity contribution in [2.45, 2.75) is 33.3 Å². The molecule has 164 valence electrons. The van der Waals surface area contributed by atoms with E-state index in [1.54, 1.807) is 6.07 Å². The number of carbonyl (C=O) groups excluding carboxylic acids is 1. The number of rotatable bonds is 9. The lowest BCUT2D eigenvalue weighted by Gasteiger charge is -2.14. The number of benzene rings is 2. The second-order valence-corrected chi connectivity index (χ2v) is 6.74. The Morgan fingerprint density at radius 1 is 1.13 bits per heavy atom. The number of guanidine groups is 1. The van der Waals surface area contributed by atoms with Crippen LogP contribution in [0.15, 0.2) is 53.5 Å². The Balaban J connectivity index is 0.00000450. The van der Waals surface area contributed by atoms with Crippen LogP contribution in [-0.4, -0.2) is 37.6 Å². The number of ether oxygens (including phenoxy) is 1. The zero-order valence-electron chi connectivity index (χ0n) is 17.6. The van der Waals surface area contributed by atoms with Gasteiger partial charge in [-0.3, -0.25) is 4.79 Å². The monoisotopic (exact) mass is 528 g/mol. The van der Waals surface area contributed by atoms with Crippen LogP contribution in [0.4, 0.5) is 10.1 Å². The standard InChI is InChI=1S/C22H29FN4O2.HI/c1-4-24-21(28)15-26-22(25-13-12-17-6-5-7-18(23)14-17)27-19-8-10-20(11-9-19)29-16(2)3;/h5-11,14,16H,4,12-13,15H2,1-3H3,(H,24,28)(H2,25,26,27);1H. The van der Waals surface area contributed by atoms with Crippen LogP contribution < -0.4 is 20.7 Å². The minimum absolute atomic E-state index is 0. The molecule has 0 aliphatic rings. The van der Waals surface area contributed by atoms with Gasteiger partial charge in [0.1, 0.15) is 18.1 Å². The minimum Gasteiger partial charge on any atom is -0.491 e. The highest BCUT2D eigenvalue weighted by Gasteiger charge is 2.05. The predicted molar refractivity (Wildman–Crippen MR) is 130 cm³/mol. The van der Waals surface area contributed by atoms with Crippen molar-refractivity contribution in [1.29, 1.82) is 0 Å². The summed E-state index contributed by atoms with van der Waals surface area (Å²) in [6.07, 6.45) is 0.730. The quantitative estimate of drug-likeness (QED) is 0.262. The zero-order valence-corrected chi connectivity index (χ0v) is 19.9. The first-order chi connectivity index (χ1) is 14.0. The van der Waals surface area contributed by atoms with Crippen LogP contribution in [0.3, 0.4) is 0 Å². The van der Waals surface area contributed by atoms with Gasteiger partial charge in [-0.2, -0.15) is 0 Å². The van der Waals surface area contributed by atoms with Crippen molar-refractivity contribution in [1.82, 2.24) is 10.6 Å². The third-order valence-corrected chi connectivity index (χ3v) is 3.84. The van der Waals surface area contributed by atoms with Crippen LogP contribution in [0, 0.1) is 5.82 Å². The first-order valence-corrected chi connectivity index (χ1v) is 9.79. The van der Waals surface area contributed by atoms with E-state index in [2.05, 4.69) is 20.9 Å². The van der Waals surface area contributed by atoms with Gasteiger partial charge in [-0.05, 0) is 69.2 Å². The van der Waals surface area contributed by atoms with Crippen LogP contribution in [-0.2, 0) is 11.2 Å². The van der Waals surface area contributed by atoms with Crippen molar-refractivity contribution in [3.8, 4) is 5.75 Å². The number of halogens is 2. The lowest BCUT2D eigenvalue weighted by atomic mass is 10.1. The normalized spacial score (nSPS) is 10.9. The van der Waals surface area contributed by atoms with E-state index in [1.807, 2.05) is 51.1 Å². The fraction of sp³-hybridized carbons (Fsp3) is 0.364. The fourth-order valence-corrected chi connectivity index (χ4v) is 2.59. The molecule has 0 saturated carbocycles. The Morgan fingerprint density at radius 3 is 2.50 bits per heavy atom. The molecule has 0 bridgehead atoms. The summed E-state index contributed by atoms with van der Waals surface area (Å²) in [5.41, 5.74) is 1.70. The van der Waals surface area contributed by atoms with E-state index in [0.29, 0.717) is 25.5 Å². The van der Waals surface area contributed by atoms with Crippen molar-refractivity contribution >= 4 is 41.5 Å². The summed E-state index contributed by atoms with van der Waals surface area (Å²) >= 11 is 0. The first kappa shape index (κ1) is 25.7. The van der Waals surface area contributed by atoms with E-state index in [4.69, 9.17) is 4.74 Å². The van der Waals surface area contributed by atoms with Crippen LogP contribution in [0.1, 0.15) is 26.3 Å². The molecule has 2 rings (SSSR count). The SMILES string of the molecule is CCNC(=O)CN=C(NCCc1cccc(F)c1)Nc1ccc(OC(C)C)cc1.I. The van der Waals surface area contributed by atoms with Crippen molar-refractivity contribution in [3.63, 3.8) is 0 Å². The van der Waals surface area contributed by atoms with E-state index in [-0.39, 0.29) is 48.3 Å². The van der Waals surface area contributed by atoms with Crippen molar-refractivity contribution in [2.75, 3.05) is 25.0 Å². The van der Waals surface area contributed by atoms with E-state index in [0.717, 1.165) is 17.0 Å². The molecular formula is C22H30FIN4O2. The predicted octanol–water partition coefficient (Wildman–Crippen LogP) is 3.97. The molecule has 8 heteroatoms. The van der Waals surface area contributed by atoms with Gasteiger partial charge in [-0.25, -0.2) is 9.38 Å².